The zero-order chi connectivity index (χ0) is 16.5. The molecule has 4 rings (SSSR count). The van der Waals surface area contributed by atoms with Crippen LogP contribution in [0.15, 0.2) is 24.7 Å². The number of aromatic amines is 1. The molecule has 1 aliphatic rings. The van der Waals surface area contributed by atoms with E-state index in [-0.39, 0.29) is 24.3 Å². The minimum atomic E-state index is -0.458. The van der Waals surface area contributed by atoms with Gasteiger partial charge in [-0.2, -0.15) is 0 Å². The smallest absolute Gasteiger partial charge is 0.183 e. The lowest BCUT2D eigenvalue weighted by Gasteiger charge is -2.24. The Morgan fingerprint density at radius 2 is 2.16 bits per heavy atom. The van der Waals surface area contributed by atoms with Crippen LogP contribution in [0, 0.1) is 5.82 Å². The highest BCUT2D eigenvalue weighted by Gasteiger charge is 2.17. The van der Waals surface area contributed by atoms with E-state index in [9.17, 15) is 4.39 Å². The third-order valence-electron chi connectivity index (χ3n) is 4.12. The Labute approximate surface area is 155 Å². The van der Waals surface area contributed by atoms with Gasteiger partial charge in [-0.1, -0.05) is 11.6 Å². The number of halogens is 3. The van der Waals surface area contributed by atoms with Crippen molar-refractivity contribution in [1.82, 2.24) is 25.3 Å². The highest BCUT2D eigenvalue weighted by molar-refractivity contribution is 6.31. The van der Waals surface area contributed by atoms with Gasteiger partial charge < -0.3 is 15.6 Å². The molecule has 9 heteroatoms. The van der Waals surface area contributed by atoms with Crippen LogP contribution < -0.4 is 10.6 Å². The molecule has 132 valence electrons. The maximum absolute atomic E-state index is 14.1. The van der Waals surface area contributed by atoms with Crippen molar-refractivity contribution in [2.45, 2.75) is 18.9 Å². The summed E-state index contributed by atoms with van der Waals surface area (Å²) in [7, 11) is 0. The fourth-order valence-corrected chi connectivity index (χ4v) is 3.09. The van der Waals surface area contributed by atoms with Crippen molar-refractivity contribution in [1.29, 1.82) is 0 Å². The van der Waals surface area contributed by atoms with Crippen molar-refractivity contribution in [3.05, 3.63) is 35.5 Å². The van der Waals surface area contributed by atoms with E-state index < -0.39 is 5.82 Å². The fourth-order valence-electron chi connectivity index (χ4n) is 2.93. The average molecular weight is 383 g/mol. The highest BCUT2D eigenvalue weighted by atomic mass is 35.5. The number of nitrogens with zero attached hydrogens (tertiary/aromatic N) is 3. The Bertz CT molecular complexity index is 878. The van der Waals surface area contributed by atoms with E-state index in [1.807, 2.05) is 0 Å². The molecule has 0 bridgehead atoms. The molecule has 0 aliphatic carbocycles. The topological polar surface area (TPSA) is 78.5 Å². The molecule has 0 saturated carbocycles. The Balaban J connectivity index is 0.00000182. The van der Waals surface area contributed by atoms with E-state index in [4.69, 9.17) is 11.6 Å². The van der Waals surface area contributed by atoms with Crippen LogP contribution in [-0.2, 0) is 0 Å². The van der Waals surface area contributed by atoms with E-state index in [1.54, 1.807) is 18.5 Å². The zero-order valence-corrected chi connectivity index (χ0v) is 14.8. The van der Waals surface area contributed by atoms with E-state index in [0.717, 1.165) is 36.9 Å². The molecule has 0 radical (unpaired) electrons. The summed E-state index contributed by atoms with van der Waals surface area (Å²) >= 11 is 6.02. The van der Waals surface area contributed by atoms with Crippen molar-refractivity contribution < 1.29 is 4.39 Å². The van der Waals surface area contributed by atoms with Gasteiger partial charge >= 0.3 is 0 Å². The molecular weight excluding hydrogens is 366 g/mol. The molecule has 4 heterocycles. The van der Waals surface area contributed by atoms with Gasteiger partial charge in [0.2, 0.25) is 0 Å². The number of nitrogens with one attached hydrogen (secondary N) is 3. The average Bonchev–Trinajstić information content (AvgIpc) is 3.01. The Morgan fingerprint density at radius 3 is 2.96 bits per heavy atom. The molecule has 0 amide bonds. The van der Waals surface area contributed by atoms with Crippen LogP contribution in [0.5, 0.6) is 0 Å². The maximum atomic E-state index is 14.1. The third-order valence-corrected chi connectivity index (χ3v) is 4.33. The molecule has 0 spiro atoms. The van der Waals surface area contributed by atoms with Crippen LogP contribution >= 0.6 is 24.0 Å². The normalized spacial score (nSPS) is 17.3. The van der Waals surface area contributed by atoms with Crippen LogP contribution in [0.4, 0.5) is 10.2 Å². The van der Waals surface area contributed by atoms with Gasteiger partial charge in [-0.25, -0.2) is 19.3 Å². The molecule has 3 aromatic rings. The SMILES string of the molecule is Cl.Fc1cnc(-c2c[nH]c3ncc(Cl)cc23)nc1N[C@H]1CCCNC1. The largest absolute Gasteiger partial charge is 0.364 e. The lowest BCUT2D eigenvalue weighted by atomic mass is 10.1. The quantitative estimate of drug-likeness (QED) is 0.646. The molecule has 1 aliphatic heterocycles. The molecule has 1 atom stereocenters. The summed E-state index contributed by atoms with van der Waals surface area (Å²) in [6.45, 7) is 1.80. The number of pyridine rings is 1. The lowest BCUT2D eigenvalue weighted by molar-refractivity contribution is 0.476. The van der Waals surface area contributed by atoms with Gasteiger partial charge in [-0.3, -0.25) is 0 Å². The Hall–Kier alpha value is -1.96. The minimum Gasteiger partial charge on any atom is -0.364 e. The van der Waals surface area contributed by atoms with Crippen LogP contribution in [0.1, 0.15) is 12.8 Å². The molecule has 6 nitrogen and oxygen atoms in total. The number of rotatable bonds is 3. The molecule has 3 N–H and O–H groups in total. The summed E-state index contributed by atoms with van der Waals surface area (Å²) in [5.74, 6) is 0.191. The fraction of sp³-hybridized carbons (Fsp3) is 0.312. The molecule has 0 unspecified atom stereocenters. The predicted octanol–water partition coefficient (Wildman–Crippen LogP) is 3.40. The second-order valence-corrected chi connectivity index (χ2v) is 6.27. The first-order chi connectivity index (χ1) is 11.7. The molecular formula is C16H17Cl2FN6. The van der Waals surface area contributed by atoms with Crippen LogP contribution in [0.3, 0.4) is 0 Å². The minimum absolute atomic E-state index is 0. The number of aromatic nitrogens is 4. The molecule has 1 fully saturated rings. The van der Waals surface area contributed by atoms with Gasteiger partial charge in [0.1, 0.15) is 5.65 Å². The first-order valence-corrected chi connectivity index (χ1v) is 8.21. The van der Waals surface area contributed by atoms with Crippen molar-refractivity contribution in [2.24, 2.45) is 0 Å². The summed E-state index contributed by atoms with van der Waals surface area (Å²) in [6.07, 6.45) is 6.56. The number of hydrogen-bond acceptors (Lipinski definition) is 5. The van der Waals surface area contributed by atoms with E-state index in [0.29, 0.717) is 16.5 Å². The van der Waals surface area contributed by atoms with Gasteiger partial charge in [-0.15, -0.1) is 12.4 Å². The van der Waals surface area contributed by atoms with Crippen molar-refractivity contribution in [2.75, 3.05) is 18.4 Å². The molecule has 3 aromatic heterocycles. The third kappa shape index (κ3) is 3.68. The number of hydrogen-bond donors (Lipinski definition) is 3. The maximum Gasteiger partial charge on any atom is 0.183 e. The zero-order valence-electron chi connectivity index (χ0n) is 13.2. The molecule has 0 aromatic carbocycles. The van der Waals surface area contributed by atoms with E-state index in [2.05, 4.69) is 30.6 Å². The molecule has 1 saturated heterocycles. The first kappa shape index (κ1) is 17.8. The van der Waals surface area contributed by atoms with Crippen LogP contribution in [-0.4, -0.2) is 39.1 Å². The first-order valence-electron chi connectivity index (χ1n) is 7.83. The summed E-state index contributed by atoms with van der Waals surface area (Å²) in [5, 5.41) is 7.79. The van der Waals surface area contributed by atoms with Crippen molar-refractivity contribution in [3.8, 4) is 11.4 Å². The van der Waals surface area contributed by atoms with Crippen molar-refractivity contribution >= 4 is 40.9 Å². The number of anilines is 1. The second-order valence-electron chi connectivity index (χ2n) is 5.83. The highest BCUT2D eigenvalue weighted by Crippen LogP contribution is 2.28. The number of H-pyrrole nitrogens is 1. The standard InChI is InChI=1S/C16H16ClFN6.ClH/c17-9-4-11-12(7-21-14(11)20-5-9)15-22-8-13(18)16(24-15)23-10-2-1-3-19-6-10;/h4-5,7-8,10,19H,1-3,6H2,(H,20,21)(H,22,23,24);1H/t10-;/m0./s1. The van der Waals surface area contributed by atoms with Gasteiger partial charge in [-0.05, 0) is 25.5 Å². The van der Waals surface area contributed by atoms with Gasteiger partial charge in [0.15, 0.2) is 17.5 Å². The molecule has 25 heavy (non-hydrogen) atoms. The lowest BCUT2D eigenvalue weighted by Crippen LogP contribution is -2.38. The van der Waals surface area contributed by atoms with Crippen molar-refractivity contribution in [3.63, 3.8) is 0 Å². The summed E-state index contributed by atoms with van der Waals surface area (Å²) in [4.78, 5) is 15.8. The Morgan fingerprint density at radius 1 is 1.28 bits per heavy atom. The predicted molar refractivity (Wildman–Crippen MR) is 98.9 cm³/mol. The summed E-state index contributed by atoms with van der Waals surface area (Å²) < 4.78 is 14.1. The Kier molecular flexibility index (Phi) is 5.36. The second kappa shape index (κ2) is 7.51. The van der Waals surface area contributed by atoms with E-state index in [1.165, 1.54) is 6.20 Å². The summed E-state index contributed by atoms with van der Waals surface area (Å²) in [5.41, 5.74) is 1.43. The van der Waals surface area contributed by atoms with Crippen LogP contribution in [0.25, 0.3) is 22.4 Å². The van der Waals surface area contributed by atoms with Crippen LogP contribution in [0.2, 0.25) is 5.02 Å². The van der Waals surface area contributed by atoms with Gasteiger partial charge in [0.05, 0.1) is 11.2 Å². The number of piperidine rings is 1. The van der Waals surface area contributed by atoms with Gasteiger partial charge in [0, 0.05) is 35.9 Å². The summed E-state index contributed by atoms with van der Waals surface area (Å²) in [6, 6.07) is 1.95. The van der Waals surface area contributed by atoms with E-state index >= 15 is 0 Å². The number of fused-ring (bicyclic) bond motifs is 1. The van der Waals surface area contributed by atoms with Gasteiger partial charge in [0.25, 0.3) is 0 Å². The monoisotopic (exact) mass is 382 g/mol.